The van der Waals surface area contributed by atoms with Gasteiger partial charge in [-0.2, -0.15) is 0 Å². The molecule has 2 nitrogen and oxygen atoms in total. The number of hydrogen-bond acceptors (Lipinski definition) is 2. The molecule has 0 N–H and O–H groups in total. The second-order valence-corrected chi connectivity index (χ2v) is 4.41. The first-order valence-corrected chi connectivity index (χ1v) is 5.42. The highest BCUT2D eigenvalue weighted by Crippen LogP contribution is 2.33. The van der Waals surface area contributed by atoms with Crippen molar-refractivity contribution in [2.45, 2.75) is 33.6 Å². The van der Waals surface area contributed by atoms with Crippen LogP contribution in [0.1, 0.15) is 33.6 Å². The van der Waals surface area contributed by atoms with Crippen LogP contribution < -0.4 is 0 Å². The fourth-order valence-electron chi connectivity index (χ4n) is 1.39. The second-order valence-electron chi connectivity index (χ2n) is 4.41. The molecule has 0 rings (SSSR count). The van der Waals surface area contributed by atoms with Gasteiger partial charge in [0.2, 0.25) is 0 Å². The first kappa shape index (κ1) is 14.7. The quantitative estimate of drug-likeness (QED) is 0.389. The summed E-state index contributed by atoms with van der Waals surface area (Å²) in [5.74, 6) is -0.361. The monoisotopic (exact) mass is 222 g/mol. The average molecular weight is 222 g/mol. The van der Waals surface area contributed by atoms with Crippen LogP contribution in [0.2, 0.25) is 0 Å². The smallest absolute Gasteiger partial charge is 0.334 e. The van der Waals surface area contributed by atoms with E-state index in [1.54, 1.807) is 6.08 Å². The molecule has 0 aromatic heterocycles. The Kier molecular flexibility index (Phi) is 5.79. The predicted octanol–water partition coefficient (Wildman–Crippen LogP) is 3.65. The van der Waals surface area contributed by atoms with Crippen LogP contribution in [0, 0.1) is 5.41 Å². The van der Waals surface area contributed by atoms with Crippen LogP contribution >= 0.6 is 0 Å². The number of allylic oxidation sites excluding steroid dienone is 3. The fraction of sp³-hybridized carbons (Fsp3) is 0.500. The summed E-state index contributed by atoms with van der Waals surface area (Å²) in [7, 11) is 1.37. The molecular formula is C14H22O2. The van der Waals surface area contributed by atoms with Crippen LogP contribution in [0.15, 0.2) is 36.5 Å². The molecule has 90 valence electrons. The van der Waals surface area contributed by atoms with E-state index < -0.39 is 0 Å². The molecule has 0 spiro atoms. The zero-order valence-electron chi connectivity index (χ0n) is 10.8. The summed E-state index contributed by atoms with van der Waals surface area (Å²) in [5.41, 5.74) is 1.35. The van der Waals surface area contributed by atoms with Crippen molar-refractivity contribution in [2.75, 3.05) is 7.11 Å². The van der Waals surface area contributed by atoms with E-state index in [-0.39, 0.29) is 11.4 Å². The highest BCUT2D eigenvalue weighted by molar-refractivity contribution is 5.89. The molecule has 2 heteroatoms. The minimum Gasteiger partial charge on any atom is -0.466 e. The Labute approximate surface area is 98.7 Å². The summed E-state index contributed by atoms with van der Waals surface area (Å²) in [6.45, 7) is 13.6. The van der Waals surface area contributed by atoms with Gasteiger partial charge in [0.05, 0.1) is 7.11 Å². The van der Waals surface area contributed by atoms with Gasteiger partial charge in [0, 0.05) is 11.0 Å². The summed E-state index contributed by atoms with van der Waals surface area (Å²) < 4.78 is 4.69. The van der Waals surface area contributed by atoms with Gasteiger partial charge in [0.1, 0.15) is 0 Å². The van der Waals surface area contributed by atoms with Crippen molar-refractivity contribution in [1.29, 1.82) is 0 Å². The second kappa shape index (κ2) is 6.31. The lowest BCUT2D eigenvalue weighted by Gasteiger charge is -2.26. The summed E-state index contributed by atoms with van der Waals surface area (Å²) in [6.07, 6.45) is 5.63. The first-order chi connectivity index (χ1) is 7.37. The molecule has 0 aliphatic heterocycles. The van der Waals surface area contributed by atoms with Gasteiger partial charge in [-0.1, -0.05) is 31.2 Å². The molecule has 16 heavy (non-hydrogen) atoms. The molecule has 0 fully saturated rings. The van der Waals surface area contributed by atoms with Crippen LogP contribution in [0.25, 0.3) is 0 Å². The molecule has 0 bridgehead atoms. The zero-order chi connectivity index (χ0) is 12.8. The van der Waals surface area contributed by atoms with E-state index in [0.717, 1.165) is 12.8 Å². The van der Waals surface area contributed by atoms with Gasteiger partial charge in [-0.25, -0.2) is 4.79 Å². The highest BCUT2D eigenvalue weighted by atomic mass is 16.5. The molecule has 0 heterocycles. The van der Waals surface area contributed by atoms with Crippen LogP contribution in [-0.4, -0.2) is 13.1 Å². The third-order valence-electron chi connectivity index (χ3n) is 2.79. The maximum atomic E-state index is 11.4. The number of ether oxygens (including phenoxy) is 1. The minimum atomic E-state index is -0.390. The highest BCUT2D eigenvalue weighted by Gasteiger charge is 2.28. The molecule has 1 unspecified atom stereocenters. The predicted molar refractivity (Wildman–Crippen MR) is 68.1 cm³/mol. The lowest BCUT2D eigenvalue weighted by atomic mass is 9.78. The third-order valence-corrected chi connectivity index (χ3v) is 2.79. The molecule has 0 amide bonds. The van der Waals surface area contributed by atoms with Crippen molar-refractivity contribution in [3.05, 3.63) is 36.5 Å². The Morgan fingerprint density at radius 1 is 1.44 bits per heavy atom. The van der Waals surface area contributed by atoms with Gasteiger partial charge in [-0.05, 0) is 26.7 Å². The topological polar surface area (TPSA) is 26.3 Å². The molecule has 0 aromatic carbocycles. The van der Waals surface area contributed by atoms with Crippen molar-refractivity contribution >= 4 is 5.97 Å². The number of hydrogen-bond donors (Lipinski definition) is 0. The van der Waals surface area contributed by atoms with E-state index in [0.29, 0.717) is 5.57 Å². The lowest BCUT2D eigenvalue weighted by Crippen LogP contribution is -2.22. The van der Waals surface area contributed by atoms with Crippen LogP contribution in [0.4, 0.5) is 0 Å². The van der Waals surface area contributed by atoms with Crippen LogP contribution in [-0.2, 0) is 9.53 Å². The standard InChI is InChI=1S/C14H22O2/c1-7-14(5,10-8-9-11(2)3)12(4)13(15)16-6/h7,9H,1,4,8,10H2,2-3,5-6H3. The molecule has 0 saturated carbocycles. The maximum absolute atomic E-state index is 11.4. The molecule has 0 saturated heterocycles. The van der Waals surface area contributed by atoms with E-state index in [2.05, 4.69) is 37.8 Å². The third kappa shape index (κ3) is 4.05. The van der Waals surface area contributed by atoms with Gasteiger partial charge >= 0.3 is 5.97 Å². The Balaban J connectivity index is 4.66. The van der Waals surface area contributed by atoms with Gasteiger partial charge in [0.15, 0.2) is 0 Å². The van der Waals surface area contributed by atoms with Crippen LogP contribution in [0.3, 0.4) is 0 Å². The molecule has 0 aromatic rings. The largest absolute Gasteiger partial charge is 0.466 e. The summed E-state index contributed by atoms with van der Waals surface area (Å²) >= 11 is 0. The molecule has 0 radical (unpaired) electrons. The molecular weight excluding hydrogens is 200 g/mol. The Bertz CT molecular complexity index is 309. The SMILES string of the molecule is C=CC(C)(CCC=C(C)C)C(=C)C(=O)OC. The summed E-state index contributed by atoms with van der Waals surface area (Å²) in [4.78, 5) is 11.4. The zero-order valence-corrected chi connectivity index (χ0v) is 10.8. The van der Waals surface area contributed by atoms with E-state index in [9.17, 15) is 4.79 Å². The number of methoxy groups -OCH3 is 1. The van der Waals surface area contributed by atoms with Gasteiger partial charge in [0.25, 0.3) is 0 Å². The van der Waals surface area contributed by atoms with Crippen molar-refractivity contribution < 1.29 is 9.53 Å². The van der Waals surface area contributed by atoms with Crippen molar-refractivity contribution in [3.8, 4) is 0 Å². The van der Waals surface area contributed by atoms with E-state index in [1.165, 1.54) is 12.7 Å². The first-order valence-electron chi connectivity index (χ1n) is 5.42. The van der Waals surface area contributed by atoms with Crippen molar-refractivity contribution in [3.63, 3.8) is 0 Å². The van der Waals surface area contributed by atoms with Gasteiger partial charge < -0.3 is 4.74 Å². The minimum absolute atomic E-state index is 0.361. The number of carbonyl (C=O) groups is 1. The number of esters is 1. The van der Waals surface area contributed by atoms with Crippen LogP contribution in [0.5, 0.6) is 0 Å². The van der Waals surface area contributed by atoms with Crippen molar-refractivity contribution in [1.82, 2.24) is 0 Å². The number of carbonyl (C=O) groups excluding carboxylic acids is 1. The van der Waals surface area contributed by atoms with E-state index >= 15 is 0 Å². The van der Waals surface area contributed by atoms with Gasteiger partial charge in [-0.15, -0.1) is 6.58 Å². The Hall–Kier alpha value is -1.31. The molecule has 0 aliphatic carbocycles. The van der Waals surface area contributed by atoms with E-state index in [1.807, 2.05) is 6.92 Å². The summed E-state index contributed by atoms with van der Waals surface area (Å²) in [5, 5.41) is 0. The van der Waals surface area contributed by atoms with Gasteiger partial charge in [-0.3, -0.25) is 0 Å². The van der Waals surface area contributed by atoms with Crippen molar-refractivity contribution in [2.24, 2.45) is 5.41 Å². The Morgan fingerprint density at radius 2 is 2.00 bits per heavy atom. The molecule has 1 atom stereocenters. The lowest BCUT2D eigenvalue weighted by molar-refractivity contribution is -0.137. The fourth-order valence-corrected chi connectivity index (χ4v) is 1.39. The van der Waals surface area contributed by atoms with E-state index in [4.69, 9.17) is 0 Å². The average Bonchev–Trinajstić information content (AvgIpc) is 2.26. The number of rotatable bonds is 6. The summed E-state index contributed by atoms with van der Waals surface area (Å²) in [6, 6.07) is 0. The molecule has 0 aliphatic rings. The Morgan fingerprint density at radius 3 is 2.38 bits per heavy atom. The normalized spacial score (nSPS) is 13.5. The maximum Gasteiger partial charge on any atom is 0.334 e.